The van der Waals surface area contributed by atoms with Crippen molar-refractivity contribution in [3.05, 3.63) is 89.8 Å². The highest BCUT2D eigenvalue weighted by Crippen LogP contribution is 2.30. The summed E-state index contributed by atoms with van der Waals surface area (Å²) in [5, 5.41) is 3.10. The van der Waals surface area contributed by atoms with Crippen molar-refractivity contribution in [2.24, 2.45) is 26.6 Å². The van der Waals surface area contributed by atoms with Gasteiger partial charge < -0.3 is 11.1 Å². The van der Waals surface area contributed by atoms with Crippen molar-refractivity contribution in [3.8, 4) is 0 Å². The van der Waals surface area contributed by atoms with E-state index in [1.807, 2.05) is 56.6 Å². The molecule has 2 aromatic rings. The number of amidine groups is 1. The maximum Gasteiger partial charge on any atom is 0.103 e. The summed E-state index contributed by atoms with van der Waals surface area (Å²) in [6.45, 7) is 15.8. The number of anilines is 1. The van der Waals surface area contributed by atoms with E-state index in [1.54, 1.807) is 6.20 Å². The Bertz CT molecular complexity index is 1190. The minimum atomic E-state index is 0.470. The SMILES string of the molecule is C=CNc1cc(C(=C)N=C(N)C2CC2)ccc1C.CC=Nc1cccc(C2=NC=C(C)C2)c1C. The molecule has 1 heterocycles. The van der Waals surface area contributed by atoms with E-state index in [0.717, 1.165) is 47.5 Å². The van der Waals surface area contributed by atoms with E-state index in [1.165, 1.54) is 16.7 Å². The van der Waals surface area contributed by atoms with Crippen LogP contribution in [0, 0.1) is 19.8 Å². The Balaban J connectivity index is 0.000000192. The molecule has 0 saturated heterocycles. The fourth-order valence-electron chi connectivity index (χ4n) is 3.68. The zero-order chi connectivity index (χ0) is 24.7. The molecule has 2 aliphatic rings. The summed E-state index contributed by atoms with van der Waals surface area (Å²) in [6.07, 6.45) is 8.70. The number of nitrogens with one attached hydrogen (secondary N) is 1. The van der Waals surface area contributed by atoms with Gasteiger partial charge in [0.25, 0.3) is 0 Å². The molecule has 0 radical (unpaired) electrons. The van der Waals surface area contributed by atoms with Gasteiger partial charge in [0, 0.05) is 41.6 Å². The van der Waals surface area contributed by atoms with Crippen LogP contribution in [-0.4, -0.2) is 17.8 Å². The zero-order valence-corrected chi connectivity index (χ0v) is 20.7. The Labute approximate surface area is 203 Å². The molecule has 4 rings (SSSR count). The monoisotopic (exact) mass is 453 g/mol. The topological polar surface area (TPSA) is 75.1 Å². The molecule has 1 aliphatic heterocycles. The Kier molecular flexibility index (Phi) is 8.36. The number of allylic oxidation sites excluding steroid dienone is 1. The number of aliphatic imine (C=N–C) groups is 3. The first kappa shape index (κ1) is 24.9. The van der Waals surface area contributed by atoms with Crippen LogP contribution in [0.4, 0.5) is 11.4 Å². The lowest BCUT2D eigenvalue weighted by Gasteiger charge is -2.09. The number of aryl methyl sites for hydroxylation is 1. The average molecular weight is 454 g/mol. The van der Waals surface area contributed by atoms with Crippen molar-refractivity contribution >= 4 is 34.8 Å². The summed E-state index contributed by atoms with van der Waals surface area (Å²) in [5.74, 6) is 1.18. The van der Waals surface area contributed by atoms with Crippen LogP contribution < -0.4 is 11.1 Å². The summed E-state index contributed by atoms with van der Waals surface area (Å²) in [4.78, 5) is 13.2. The number of nitrogens with two attached hydrogens (primary N) is 1. The molecule has 3 N–H and O–H groups in total. The number of benzene rings is 2. The zero-order valence-electron chi connectivity index (χ0n) is 20.7. The Morgan fingerprint density at radius 3 is 2.56 bits per heavy atom. The third-order valence-electron chi connectivity index (χ3n) is 5.86. The minimum Gasteiger partial charge on any atom is -0.387 e. The standard InChI is InChI=1S/C15H19N3.C14H16N2/c1-4-17-14-9-13(6-5-10(14)2)11(3)18-15(16)12-7-8-12;1-4-15-13-7-5-6-12(11(13)3)14-8-10(2)9-16-14/h4-6,9,12,17H,1,3,7-8H2,2H3,(H2,16,18);4-7,9H,8H2,1-3H3. The van der Waals surface area contributed by atoms with E-state index in [4.69, 9.17) is 5.73 Å². The maximum absolute atomic E-state index is 5.90. The van der Waals surface area contributed by atoms with Crippen LogP contribution in [0.5, 0.6) is 0 Å². The number of rotatable bonds is 7. The van der Waals surface area contributed by atoms with Gasteiger partial charge in [-0.2, -0.15) is 0 Å². The number of hydrogen-bond donors (Lipinski definition) is 2. The molecule has 1 saturated carbocycles. The van der Waals surface area contributed by atoms with Gasteiger partial charge in [-0.05, 0) is 75.6 Å². The van der Waals surface area contributed by atoms with Crippen LogP contribution in [0.2, 0.25) is 0 Å². The first-order valence-corrected chi connectivity index (χ1v) is 11.7. The fraction of sp³-hybridized carbons (Fsp3) is 0.276. The number of nitrogens with zero attached hydrogens (tertiary/aromatic N) is 3. The summed E-state index contributed by atoms with van der Waals surface area (Å²) in [7, 11) is 0. The molecule has 0 unspecified atom stereocenters. The van der Waals surface area contributed by atoms with Crippen LogP contribution in [0.25, 0.3) is 5.70 Å². The van der Waals surface area contributed by atoms with E-state index < -0.39 is 0 Å². The first-order chi connectivity index (χ1) is 16.3. The summed E-state index contributed by atoms with van der Waals surface area (Å²) in [5.41, 5.74) is 15.7. The van der Waals surface area contributed by atoms with Gasteiger partial charge >= 0.3 is 0 Å². The van der Waals surface area contributed by atoms with Crippen molar-refractivity contribution in [2.45, 2.75) is 47.0 Å². The van der Waals surface area contributed by atoms with Crippen LogP contribution in [-0.2, 0) is 0 Å². The molecule has 0 aromatic heterocycles. The van der Waals surface area contributed by atoms with E-state index >= 15 is 0 Å². The lowest BCUT2D eigenvalue weighted by atomic mass is 9.99. The predicted molar refractivity (Wildman–Crippen MR) is 148 cm³/mol. The van der Waals surface area contributed by atoms with E-state index in [2.05, 4.69) is 53.4 Å². The molecular formula is C29H35N5. The molecule has 0 atom stereocenters. The molecule has 5 nitrogen and oxygen atoms in total. The van der Waals surface area contributed by atoms with Gasteiger partial charge in [-0.3, -0.25) is 9.98 Å². The van der Waals surface area contributed by atoms with Crippen molar-refractivity contribution in [1.82, 2.24) is 0 Å². The molecule has 176 valence electrons. The molecule has 5 heteroatoms. The molecule has 34 heavy (non-hydrogen) atoms. The summed E-state index contributed by atoms with van der Waals surface area (Å²) >= 11 is 0. The Morgan fingerprint density at radius 2 is 1.94 bits per heavy atom. The van der Waals surface area contributed by atoms with E-state index in [0.29, 0.717) is 17.5 Å². The predicted octanol–water partition coefficient (Wildman–Crippen LogP) is 7.10. The quantitative estimate of drug-likeness (QED) is 0.346. The highest BCUT2D eigenvalue weighted by molar-refractivity contribution is 6.05. The van der Waals surface area contributed by atoms with Gasteiger partial charge in [-0.25, -0.2) is 4.99 Å². The third-order valence-corrected chi connectivity index (χ3v) is 5.86. The van der Waals surface area contributed by atoms with Crippen molar-refractivity contribution < 1.29 is 0 Å². The largest absolute Gasteiger partial charge is 0.387 e. The van der Waals surface area contributed by atoms with Gasteiger partial charge in [0.2, 0.25) is 0 Å². The normalized spacial score (nSPS) is 15.4. The lowest BCUT2D eigenvalue weighted by molar-refractivity contribution is 1.16. The van der Waals surface area contributed by atoms with Gasteiger partial charge in [-0.1, -0.05) is 37.4 Å². The van der Waals surface area contributed by atoms with Crippen LogP contribution in [0.1, 0.15) is 55.4 Å². The van der Waals surface area contributed by atoms with Crippen LogP contribution in [0.15, 0.2) is 82.5 Å². The molecule has 1 aliphatic carbocycles. The molecule has 0 bridgehead atoms. The second-order valence-corrected chi connectivity index (χ2v) is 8.70. The van der Waals surface area contributed by atoms with Crippen molar-refractivity contribution in [3.63, 3.8) is 0 Å². The molecular weight excluding hydrogens is 418 g/mol. The highest BCUT2D eigenvalue weighted by Gasteiger charge is 2.25. The van der Waals surface area contributed by atoms with Crippen molar-refractivity contribution in [2.75, 3.05) is 5.32 Å². The summed E-state index contributed by atoms with van der Waals surface area (Å²) < 4.78 is 0. The summed E-state index contributed by atoms with van der Waals surface area (Å²) in [6, 6.07) is 12.3. The van der Waals surface area contributed by atoms with Gasteiger partial charge in [0.15, 0.2) is 0 Å². The third kappa shape index (κ3) is 6.41. The first-order valence-electron chi connectivity index (χ1n) is 11.7. The second kappa shape index (κ2) is 11.4. The maximum atomic E-state index is 5.90. The number of hydrogen-bond acceptors (Lipinski definition) is 4. The van der Waals surface area contributed by atoms with Gasteiger partial charge in [0.05, 0.1) is 17.1 Å². The minimum absolute atomic E-state index is 0.470. The van der Waals surface area contributed by atoms with Crippen LogP contribution >= 0.6 is 0 Å². The Hall–Kier alpha value is -3.73. The molecule has 0 amide bonds. The van der Waals surface area contributed by atoms with E-state index in [-0.39, 0.29) is 0 Å². The molecule has 1 fully saturated rings. The highest BCUT2D eigenvalue weighted by atomic mass is 14.9. The van der Waals surface area contributed by atoms with Gasteiger partial charge in [-0.15, -0.1) is 0 Å². The fourth-order valence-corrected chi connectivity index (χ4v) is 3.68. The molecule has 2 aromatic carbocycles. The Morgan fingerprint density at radius 1 is 1.18 bits per heavy atom. The average Bonchev–Trinajstić information content (AvgIpc) is 3.58. The van der Waals surface area contributed by atoms with Crippen molar-refractivity contribution in [1.29, 1.82) is 0 Å². The van der Waals surface area contributed by atoms with Crippen LogP contribution in [0.3, 0.4) is 0 Å². The lowest BCUT2D eigenvalue weighted by Crippen LogP contribution is -2.13. The van der Waals surface area contributed by atoms with E-state index in [9.17, 15) is 0 Å². The van der Waals surface area contributed by atoms with Gasteiger partial charge in [0.1, 0.15) is 5.84 Å². The smallest absolute Gasteiger partial charge is 0.103 e. The molecule has 0 spiro atoms. The second-order valence-electron chi connectivity index (χ2n) is 8.70.